The van der Waals surface area contributed by atoms with Gasteiger partial charge >= 0.3 is 0 Å². The maximum absolute atomic E-state index is 3.99. The Morgan fingerprint density at radius 3 is 2.41 bits per heavy atom. The molecule has 2 aliphatic rings. The second-order valence-electron chi connectivity index (χ2n) is 11.3. The van der Waals surface area contributed by atoms with Gasteiger partial charge in [0.15, 0.2) is 0 Å². The van der Waals surface area contributed by atoms with Crippen molar-refractivity contribution in [3.63, 3.8) is 0 Å². The Hall–Kier alpha value is -1.02. The number of hydrogen-bond acceptors (Lipinski definition) is 6. The summed E-state index contributed by atoms with van der Waals surface area (Å²) in [5.41, 5.74) is 1.43. The Labute approximate surface area is 210 Å². The molecule has 2 fully saturated rings. The van der Waals surface area contributed by atoms with Gasteiger partial charge in [-0.15, -0.1) is 0 Å². The van der Waals surface area contributed by atoms with Crippen LogP contribution in [0.25, 0.3) is 0 Å². The van der Waals surface area contributed by atoms with E-state index < -0.39 is 0 Å². The molecule has 2 heterocycles. The van der Waals surface area contributed by atoms with E-state index >= 15 is 0 Å². The molecule has 3 atom stereocenters. The quantitative estimate of drug-likeness (QED) is 0.432. The van der Waals surface area contributed by atoms with Crippen LogP contribution in [-0.4, -0.2) is 124 Å². The van der Waals surface area contributed by atoms with E-state index in [0.29, 0.717) is 24.0 Å². The van der Waals surface area contributed by atoms with E-state index in [9.17, 15) is 0 Å². The molecular weight excluding hydrogens is 420 g/mol. The summed E-state index contributed by atoms with van der Waals surface area (Å²) in [6.07, 6.45) is 3.74. The molecule has 0 aliphatic carbocycles. The van der Waals surface area contributed by atoms with Crippen LogP contribution in [-0.2, 0) is 6.42 Å². The van der Waals surface area contributed by atoms with Gasteiger partial charge in [0.05, 0.1) is 0 Å². The van der Waals surface area contributed by atoms with Gasteiger partial charge in [-0.1, -0.05) is 44.2 Å². The molecule has 0 spiro atoms. The van der Waals surface area contributed by atoms with E-state index in [1.54, 1.807) is 0 Å². The molecule has 0 aromatic heterocycles. The largest absolute Gasteiger partial charge is 0.311 e. The molecule has 2 saturated heterocycles. The third kappa shape index (κ3) is 9.56. The Morgan fingerprint density at radius 1 is 1.00 bits per heavy atom. The fraction of sp³-hybridized carbons (Fsp3) is 0.786. The van der Waals surface area contributed by atoms with E-state index in [1.807, 2.05) is 0 Å². The highest BCUT2D eigenvalue weighted by Crippen LogP contribution is 2.16. The number of hydrogen-bond donors (Lipinski definition) is 2. The third-order valence-electron chi connectivity index (χ3n) is 7.78. The summed E-state index contributed by atoms with van der Waals surface area (Å²) in [6.45, 7) is 16.4. The van der Waals surface area contributed by atoms with Gasteiger partial charge in [0.25, 0.3) is 0 Å². The van der Waals surface area contributed by atoms with Crippen molar-refractivity contribution < 1.29 is 0 Å². The molecule has 6 heteroatoms. The summed E-state index contributed by atoms with van der Waals surface area (Å²) >= 11 is 0. The van der Waals surface area contributed by atoms with Crippen LogP contribution in [0.3, 0.4) is 0 Å². The Bertz CT molecular complexity index is 658. The summed E-state index contributed by atoms with van der Waals surface area (Å²) in [5.74, 6) is 0.633. The lowest BCUT2D eigenvalue weighted by atomic mass is 10.0. The number of nitrogens with one attached hydrogen (secondary N) is 2. The lowest BCUT2D eigenvalue weighted by molar-refractivity contribution is 0.132. The maximum atomic E-state index is 3.99. The first-order valence-electron chi connectivity index (χ1n) is 13.7. The zero-order valence-corrected chi connectivity index (χ0v) is 22.7. The number of nitrogens with zero attached hydrogens (tertiary/aromatic N) is 4. The van der Waals surface area contributed by atoms with E-state index in [-0.39, 0.29) is 0 Å². The summed E-state index contributed by atoms with van der Waals surface area (Å²) in [4.78, 5) is 10.1. The van der Waals surface area contributed by atoms with Crippen molar-refractivity contribution >= 4 is 0 Å². The lowest BCUT2D eigenvalue weighted by Gasteiger charge is -2.36. The van der Waals surface area contributed by atoms with Crippen molar-refractivity contribution in [1.29, 1.82) is 0 Å². The smallest absolute Gasteiger partial charge is 0.0233 e. The summed E-state index contributed by atoms with van der Waals surface area (Å²) in [5, 5.41) is 7.98. The van der Waals surface area contributed by atoms with Crippen LogP contribution in [0.4, 0.5) is 0 Å². The Balaban J connectivity index is 1.55. The topological polar surface area (TPSA) is 37.0 Å². The molecule has 0 amide bonds. The first-order valence-corrected chi connectivity index (χ1v) is 13.7. The number of rotatable bonds is 14. The van der Waals surface area contributed by atoms with Gasteiger partial charge in [-0.3, -0.25) is 9.80 Å². The minimum absolute atomic E-state index is 0.451. The van der Waals surface area contributed by atoms with Crippen molar-refractivity contribution in [2.24, 2.45) is 5.92 Å². The maximum Gasteiger partial charge on any atom is 0.0233 e. The molecule has 1 aromatic rings. The second-order valence-corrected chi connectivity index (χ2v) is 11.3. The van der Waals surface area contributed by atoms with Crippen molar-refractivity contribution in [3.8, 4) is 0 Å². The molecule has 0 saturated carbocycles. The molecular formula is C28H52N6. The van der Waals surface area contributed by atoms with Gasteiger partial charge in [-0.05, 0) is 58.4 Å². The van der Waals surface area contributed by atoms with Gasteiger partial charge in [0, 0.05) is 77.0 Å². The SMILES string of the molecule is CC(C)[C@@H](CN1CCN(C)CC1)NC[C@H](Cc1ccccc1)NC[C@@H]1CCCN1CCN(C)C. The predicted octanol–water partition coefficient (Wildman–Crippen LogP) is 2.07. The van der Waals surface area contributed by atoms with Crippen molar-refractivity contribution in [2.45, 2.75) is 51.2 Å². The van der Waals surface area contributed by atoms with Crippen LogP contribution in [0.2, 0.25) is 0 Å². The highest BCUT2D eigenvalue weighted by atomic mass is 15.3. The minimum Gasteiger partial charge on any atom is -0.311 e. The molecule has 194 valence electrons. The molecule has 3 rings (SSSR count). The Kier molecular flexibility index (Phi) is 11.8. The van der Waals surface area contributed by atoms with Crippen LogP contribution in [0.15, 0.2) is 30.3 Å². The van der Waals surface area contributed by atoms with Crippen molar-refractivity contribution in [3.05, 3.63) is 35.9 Å². The third-order valence-corrected chi connectivity index (χ3v) is 7.78. The highest BCUT2D eigenvalue weighted by Gasteiger charge is 2.26. The van der Waals surface area contributed by atoms with E-state index in [0.717, 1.165) is 32.6 Å². The molecule has 34 heavy (non-hydrogen) atoms. The first-order chi connectivity index (χ1) is 16.4. The Morgan fingerprint density at radius 2 is 1.74 bits per heavy atom. The zero-order chi connectivity index (χ0) is 24.3. The monoisotopic (exact) mass is 472 g/mol. The molecule has 6 nitrogen and oxygen atoms in total. The second kappa shape index (κ2) is 14.5. The van der Waals surface area contributed by atoms with Crippen molar-refractivity contribution in [2.75, 3.05) is 86.6 Å². The molecule has 2 N–H and O–H groups in total. The fourth-order valence-electron chi connectivity index (χ4n) is 5.28. The summed E-state index contributed by atoms with van der Waals surface area (Å²) in [6, 6.07) is 12.7. The van der Waals surface area contributed by atoms with E-state index in [2.05, 4.69) is 95.6 Å². The normalized spacial score (nSPS) is 22.6. The molecule has 0 unspecified atom stereocenters. The van der Waals surface area contributed by atoms with E-state index in [1.165, 1.54) is 57.7 Å². The number of likely N-dealkylation sites (tertiary alicyclic amines) is 1. The molecule has 1 aromatic carbocycles. The molecule has 2 aliphatic heterocycles. The standard InChI is InChI=1S/C28H52N6/c1-24(2)28(23-33-17-15-32(5)16-18-33)30-21-26(20-25-10-7-6-8-11-25)29-22-27-12-9-13-34(27)19-14-31(3)4/h6-8,10-11,24,26-30H,9,12-23H2,1-5H3/t26-,27-,28+/m0/s1. The van der Waals surface area contributed by atoms with Gasteiger partial charge in [-0.2, -0.15) is 0 Å². The highest BCUT2D eigenvalue weighted by molar-refractivity contribution is 5.16. The number of piperazine rings is 1. The summed E-state index contributed by atoms with van der Waals surface area (Å²) in [7, 11) is 6.59. The van der Waals surface area contributed by atoms with E-state index in [4.69, 9.17) is 0 Å². The van der Waals surface area contributed by atoms with Crippen LogP contribution >= 0.6 is 0 Å². The van der Waals surface area contributed by atoms with Crippen LogP contribution in [0.1, 0.15) is 32.3 Å². The average Bonchev–Trinajstić information content (AvgIpc) is 3.27. The van der Waals surface area contributed by atoms with Gasteiger partial charge in [-0.25, -0.2) is 0 Å². The fourth-order valence-corrected chi connectivity index (χ4v) is 5.28. The van der Waals surface area contributed by atoms with Crippen molar-refractivity contribution in [1.82, 2.24) is 30.2 Å². The van der Waals surface area contributed by atoms with Crippen LogP contribution < -0.4 is 10.6 Å². The van der Waals surface area contributed by atoms with Crippen LogP contribution in [0.5, 0.6) is 0 Å². The minimum atomic E-state index is 0.451. The zero-order valence-electron chi connectivity index (χ0n) is 22.7. The van der Waals surface area contributed by atoms with Gasteiger partial charge in [0.2, 0.25) is 0 Å². The molecule has 0 radical (unpaired) electrons. The average molecular weight is 473 g/mol. The first kappa shape index (κ1) is 27.6. The van der Waals surface area contributed by atoms with Gasteiger partial charge in [0.1, 0.15) is 0 Å². The number of likely N-dealkylation sites (N-methyl/N-ethyl adjacent to an activating group) is 2. The molecule has 0 bridgehead atoms. The lowest BCUT2D eigenvalue weighted by Crippen LogP contribution is -2.54. The summed E-state index contributed by atoms with van der Waals surface area (Å²) < 4.78 is 0. The van der Waals surface area contributed by atoms with Gasteiger partial charge < -0.3 is 20.4 Å². The number of benzene rings is 1. The van der Waals surface area contributed by atoms with Crippen LogP contribution in [0, 0.1) is 5.92 Å². The predicted molar refractivity (Wildman–Crippen MR) is 146 cm³/mol.